The van der Waals surface area contributed by atoms with E-state index in [0.717, 1.165) is 49.8 Å². The molecular formula is C45H29N3O. The molecule has 0 radical (unpaired) electrons. The van der Waals surface area contributed by atoms with Crippen LogP contribution in [0.1, 0.15) is 0 Å². The minimum atomic E-state index is 0.605. The number of furan rings is 1. The maximum atomic E-state index is 6.57. The van der Waals surface area contributed by atoms with Gasteiger partial charge < -0.3 is 4.42 Å². The number of rotatable bonds is 6. The standard InChI is InChI=1S/C45H29N3O/c1-5-14-30(15-6-1)35-26-36(31-16-7-2-8-17-31)28-37(27-35)34-24-25-38-41(29-34)49-40-23-13-22-39(42(38)40)45-47-43(32-18-9-3-10-19-32)46-44(48-45)33-20-11-4-12-21-33/h1-29H. The van der Waals surface area contributed by atoms with E-state index in [4.69, 9.17) is 19.4 Å². The first-order valence-electron chi connectivity index (χ1n) is 16.4. The van der Waals surface area contributed by atoms with Crippen LogP contribution in [0.15, 0.2) is 180 Å². The van der Waals surface area contributed by atoms with Gasteiger partial charge in [-0.3, -0.25) is 0 Å². The second kappa shape index (κ2) is 12.2. The third-order valence-corrected chi connectivity index (χ3v) is 8.92. The quantitative estimate of drug-likeness (QED) is 0.184. The highest BCUT2D eigenvalue weighted by Gasteiger charge is 2.18. The first-order valence-corrected chi connectivity index (χ1v) is 16.4. The number of hydrogen-bond acceptors (Lipinski definition) is 4. The number of fused-ring (bicyclic) bond motifs is 3. The van der Waals surface area contributed by atoms with Crippen molar-refractivity contribution in [2.75, 3.05) is 0 Å². The third-order valence-electron chi connectivity index (χ3n) is 8.92. The van der Waals surface area contributed by atoms with Gasteiger partial charge in [0.05, 0.1) is 0 Å². The van der Waals surface area contributed by atoms with Crippen LogP contribution >= 0.6 is 0 Å². The average molecular weight is 628 g/mol. The Balaban J connectivity index is 1.20. The lowest BCUT2D eigenvalue weighted by Gasteiger charge is -2.11. The first kappa shape index (κ1) is 28.6. The molecule has 0 amide bonds. The van der Waals surface area contributed by atoms with E-state index in [1.54, 1.807) is 0 Å². The van der Waals surface area contributed by atoms with Crippen LogP contribution in [0.2, 0.25) is 0 Å². The molecule has 0 aliphatic heterocycles. The van der Waals surface area contributed by atoms with Crippen LogP contribution in [0.25, 0.3) is 89.5 Å². The normalized spacial score (nSPS) is 11.3. The highest BCUT2D eigenvalue weighted by atomic mass is 16.3. The van der Waals surface area contributed by atoms with Gasteiger partial charge in [0.1, 0.15) is 11.2 Å². The van der Waals surface area contributed by atoms with E-state index in [9.17, 15) is 0 Å². The largest absolute Gasteiger partial charge is 0.456 e. The Bertz CT molecular complexity index is 2460. The molecule has 0 fully saturated rings. The van der Waals surface area contributed by atoms with Crippen molar-refractivity contribution >= 4 is 21.9 Å². The summed E-state index contributed by atoms with van der Waals surface area (Å²) in [5, 5.41) is 2.00. The van der Waals surface area contributed by atoms with E-state index in [1.807, 2.05) is 72.8 Å². The van der Waals surface area contributed by atoms with E-state index in [0.29, 0.717) is 17.5 Å². The SMILES string of the molecule is c1ccc(-c2cc(-c3ccccc3)cc(-c3ccc4c(c3)oc3cccc(-c5nc(-c6ccccc6)nc(-c6ccccc6)n5)c34)c2)cc1. The van der Waals surface area contributed by atoms with Crippen molar-refractivity contribution in [3.63, 3.8) is 0 Å². The predicted molar refractivity (Wildman–Crippen MR) is 200 cm³/mol. The molecular weight excluding hydrogens is 599 g/mol. The second-order valence-corrected chi connectivity index (χ2v) is 12.1. The molecule has 7 aromatic carbocycles. The first-order chi connectivity index (χ1) is 24.3. The van der Waals surface area contributed by atoms with Crippen LogP contribution in [0, 0.1) is 0 Å². The van der Waals surface area contributed by atoms with Crippen molar-refractivity contribution in [2.24, 2.45) is 0 Å². The number of benzene rings is 7. The zero-order valence-electron chi connectivity index (χ0n) is 26.5. The lowest BCUT2D eigenvalue weighted by atomic mass is 9.93. The van der Waals surface area contributed by atoms with Crippen LogP contribution in [-0.2, 0) is 0 Å². The molecule has 0 spiro atoms. The van der Waals surface area contributed by atoms with Crippen LogP contribution in [0.4, 0.5) is 0 Å². The lowest BCUT2D eigenvalue weighted by molar-refractivity contribution is 0.669. The summed E-state index contributed by atoms with van der Waals surface area (Å²) in [4.78, 5) is 14.9. The zero-order valence-corrected chi connectivity index (χ0v) is 26.5. The van der Waals surface area contributed by atoms with Gasteiger partial charge in [-0.05, 0) is 69.8 Å². The van der Waals surface area contributed by atoms with Gasteiger partial charge in [-0.25, -0.2) is 15.0 Å². The molecule has 0 aliphatic rings. The highest BCUT2D eigenvalue weighted by Crippen LogP contribution is 2.39. The number of aromatic nitrogens is 3. The lowest BCUT2D eigenvalue weighted by Crippen LogP contribution is -2.00. The smallest absolute Gasteiger partial charge is 0.164 e. The van der Waals surface area contributed by atoms with Crippen molar-refractivity contribution in [1.29, 1.82) is 0 Å². The maximum absolute atomic E-state index is 6.57. The summed E-state index contributed by atoms with van der Waals surface area (Å²) in [6.07, 6.45) is 0. The summed E-state index contributed by atoms with van der Waals surface area (Å²) in [5.74, 6) is 1.86. The molecule has 2 aromatic heterocycles. The van der Waals surface area contributed by atoms with Gasteiger partial charge in [0.25, 0.3) is 0 Å². The summed E-state index contributed by atoms with van der Waals surface area (Å²) < 4.78 is 6.57. The van der Waals surface area contributed by atoms with Crippen LogP contribution in [-0.4, -0.2) is 15.0 Å². The Hall–Kier alpha value is -6.65. The molecule has 0 unspecified atom stereocenters. The van der Waals surface area contributed by atoms with Gasteiger partial charge in [0.2, 0.25) is 0 Å². The monoisotopic (exact) mass is 627 g/mol. The molecule has 0 aliphatic carbocycles. The molecule has 9 rings (SSSR count). The highest BCUT2D eigenvalue weighted by molar-refractivity contribution is 6.12. The van der Waals surface area contributed by atoms with Crippen molar-refractivity contribution in [1.82, 2.24) is 15.0 Å². The van der Waals surface area contributed by atoms with Crippen LogP contribution in [0.5, 0.6) is 0 Å². The molecule has 9 aromatic rings. The second-order valence-electron chi connectivity index (χ2n) is 12.1. The van der Waals surface area contributed by atoms with Gasteiger partial charge in [-0.2, -0.15) is 0 Å². The van der Waals surface area contributed by atoms with Crippen molar-refractivity contribution in [3.8, 4) is 67.5 Å². The van der Waals surface area contributed by atoms with Gasteiger partial charge in [0.15, 0.2) is 17.5 Å². The van der Waals surface area contributed by atoms with Gasteiger partial charge in [0, 0.05) is 27.5 Å². The molecule has 4 nitrogen and oxygen atoms in total. The maximum Gasteiger partial charge on any atom is 0.164 e. The van der Waals surface area contributed by atoms with Gasteiger partial charge in [-0.1, -0.05) is 140 Å². The molecule has 4 heteroatoms. The topological polar surface area (TPSA) is 51.8 Å². The van der Waals surface area contributed by atoms with Crippen molar-refractivity contribution in [3.05, 3.63) is 176 Å². The van der Waals surface area contributed by atoms with E-state index >= 15 is 0 Å². The van der Waals surface area contributed by atoms with Crippen LogP contribution in [0.3, 0.4) is 0 Å². The molecule has 0 saturated carbocycles. The fraction of sp³-hybridized carbons (Fsp3) is 0. The molecule has 0 N–H and O–H groups in total. The molecule has 2 heterocycles. The summed E-state index contributed by atoms with van der Waals surface area (Å²) in [6, 6.07) is 60.6. The molecule has 0 atom stereocenters. The Labute approximate surface area is 284 Å². The van der Waals surface area contributed by atoms with Crippen molar-refractivity contribution in [2.45, 2.75) is 0 Å². The summed E-state index contributed by atoms with van der Waals surface area (Å²) in [5.41, 5.74) is 11.3. The van der Waals surface area contributed by atoms with Gasteiger partial charge >= 0.3 is 0 Å². The fourth-order valence-electron chi connectivity index (χ4n) is 6.51. The Morgan fingerprint density at radius 2 is 0.776 bits per heavy atom. The minimum Gasteiger partial charge on any atom is -0.456 e. The van der Waals surface area contributed by atoms with E-state index < -0.39 is 0 Å². The summed E-state index contributed by atoms with van der Waals surface area (Å²) in [6.45, 7) is 0. The average Bonchev–Trinajstić information content (AvgIpc) is 3.57. The fourth-order valence-corrected chi connectivity index (χ4v) is 6.51. The van der Waals surface area contributed by atoms with Crippen molar-refractivity contribution < 1.29 is 4.42 Å². The van der Waals surface area contributed by atoms with E-state index in [2.05, 4.69) is 103 Å². The molecule has 0 bridgehead atoms. The minimum absolute atomic E-state index is 0.605. The summed E-state index contributed by atoms with van der Waals surface area (Å²) >= 11 is 0. The zero-order chi connectivity index (χ0) is 32.6. The van der Waals surface area contributed by atoms with E-state index in [1.165, 1.54) is 22.3 Å². The van der Waals surface area contributed by atoms with Gasteiger partial charge in [-0.15, -0.1) is 0 Å². The Morgan fingerprint density at radius 1 is 0.306 bits per heavy atom. The Morgan fingerprint density at radius 3 is 1.31 bits per heavy atom. The molecule has 49 heavy (non-hydrogen) atoms. The predicted octanol–water partition coefficient (Wildman–Crippen LogP) is 11.8. The third kappa shape index (κ3) is 5.45. The Kier molecular flexibility index (Phi) is 7.10. The van der Waals surface area contributed by atoms with Crippen LogP contribution < -0.4 is 0 Å². The summed E-state index contributed by atoms with van der Waals surface area (Å²) in [7, 11) is 0. The van der Waals surface area contributed by atoms with E-state index in [-0.39, 0.29) is 0 Å². The molecule has 230 valence electrons. The number of nitrogens with zero attached hydrogens (tertiary/aromatic N) is 3. The molecule has 0 saturated heterocycles. The number of hydrogen-bond donors (Lipinski definition) is 0.